The molecule has 1 fully saturated rings. The first-order valence-electron chi connectivity index (χ1n) is 6.87. The number of halogens is 1. The fraction of sp³-hybridized carbons (Fsp3) is 0.643. The molecule has 0 spiro atoms. The fourth-order valence-corrected chi connectivity index (χ4v) is 2.88. The lowest BCUT2D eigenvalue weighted by Gasteiger charge is -2.24. The Morgan fingerprint density at radius 2 is 2.17 bits per heavy atom. The fourth-order valence-electron chi connectivity index (χ4n) is 2.88. The lowest BCUT2D eigenvalue weighted by molar-refractivity contribution is 0.313. The van der Waals surface area contributed by atoms with Gasteiger partial charge in [0, 0.05) is 17.8 Å². The molecule has 100 valence electrons. The van der Waals surface area contributed by atoms with Crippen molar-refractivity contribution in [2.24, 2.45) is 11.8 Å². The number of aromatic nitrogens is 1. The van der Waals surface area contributed by atoms with Crippen molar-refractivity contribution >= 4 is 0 Å². The van der Waals surface area contributed by atoms with Crippen molar-refractivity contribution in [1.82, 2.24) is 10.4 Å². The highest BCUT2D eigenvalue weighted by Crippen LogP contribution is 2.30. The van der Waals surface area contributed by atoms with Crippen molar-refractivity contribution in [3.05, 3.63) is 29.8 Å². The van der Waals surface area contributed by atoms with Crippen LogP contribution < -0.4 is 11.3 Å². The molecule has 0 bridgehead atoms. The van der Waals surface area contributed by atoms with Gasteiger partial charge in [-0.15, -0.1) is 0 Å². The smallest absolute Gasteiger partial charge is 0.146 e. The molecule has 1 aromatic rings. The minimum Gasteiger partial charge on any atom is -0.271 e. The molecular formula is C14H22FN3. The molecule has 1 aliphatic rings. The van der Waals surface area contributed by atoms with Gasteiger partial charge in [0.15, 0.2) is 0 Å². The van der Waals surface area contributed by atoms with E-state index in [0.717, 1.165) is 18.8 Å². The summed E-state index contributed by atoms with van der Waals surface area (Å²) in [6.07, 6.45) is 11.6. The molecule has 0 aliphatic heterocycles. The van der Waals surface area contributed by atoms with Crippen LogP contribution in [0.15, 0.2) is 18.5 Å². The zero-order valence-electron chi connectivity index (χ0n) is 10.7. The lowest BCUT2D eigenvalue weighted by atomic mass is 9.84. The molecule has 18 heavy (non-hydrogen) atoms. The number of pyridine rings is 1. The van der Waals surface area contributed by atoms with Gasteiger partial charge in [-0.1, -0.05) is 32.1 Å². The predicted octanol–water partition coefficient (Wildman–Crippen LogP) is 3.09. The summed E-state index contributed by atoms with van der Waals surface area (Å²) in [6.45, 7) is 0. The van der Waals surface area contributed by atoms with E-state index in [0.29, 0.717) is 5.56 Å². The average molecular weight is 251 g/mol. The molecule has 4 heteroatoms. The van der Waals surface area contributed by atoms with Crippen LogP contribution in [0.1, 0.15) is 56.6 Å². The number of rotatable bonds is 5. The van der Waals surface area contributed by atoms with Crippen molar-refractivity contribution in [2.75, 3.05) is 0 Å². The van der Waals surface area contributed by atoms with E-state index in [1.165, 1.54) is 38.3 Å². The lowest BCUT2D eigenvalue weighted by Crippen LogP contribution is -2.29. The van der Waals surface area contributed by atoms with Crippen LogP contribution in [0.25, 0.3) is 0 Å². The Kier molecular flexibility index (Phi) is 5.08. The van der Waals surface area contributed by atoms with Gasteiger partial charge >= 0.3 is 0 Å². The molecule has 0 radical (unpaired) electrons. The van der Waals surface area contributed by atoms with Crippen molar-refractivity contribution in [3.8, 4) is 0 Å². The Bertz CT molecular complexity index is 364. The van der Waals surface area contributed by atoms with Gasteiger partial charge in [-0.05, 0) is 24.8 Å². The number of hydrazine groups is 1. The third-order valence-corrected chi connectivity index (χ3v) is 3.97. The van der Waals surface area contributed by atoms with E-state index in [2.05, 4.69) is 10.4 Å². The van der Waals surface area contributed by atoms with E-state index in [1.807, 2.05) is 0 Å². The first kappa shape index (κ1) is 13.4. The van der Waals surface area contributed by atoms with Gasteiger partial charge < -0.3 is 0 Å². The topological polar surface area (TPSA) is 50.9 Å². The Hall–Kier alpha value is -1.00. The highest BCUT2D eigenvalue weighted by atomic mass is 19.1. The highest BCUT2D eigenvalue weighted by Gasteiger charge is 2.18. The monoisotopic (exact) mass is 251 g/mol. The van der Waals surface area contributed by atoms with Crippen molar-refractivity contribution in [2.45, 2.75) is 51.0 Å². The minimum absolute atomic E-state index is 0.102. The van der Waals surface area contributed by atoms with Crippen LogP contribution in [0.4, 0.5) is 4.39 Å². The Morgan fingerprint density at radius 3 is 2.83 bits per heavy atom. The van der Waals surface area contributed by atoms with Gasteiger partial charge in [-0.3, -0.25) is 16.3 Å². The van der Waals surface area contributed by atoms with E-state index in [9.17, 15) is 4.39 Å². The summed E-state index contributed by atoms with van der Waals surface area (Å²) in [6, 6.07) is 1.61. The molecular weight excluding hydrogens is 229 g/mol. The molecule has 2 rings (SSSR count). The molecule has 1 saturated carbocycles. The van der Waals surface area contributed by atoms with Crippen LogP contribution >= 0.6 is 0 Å². The van der Waals surface area contributed by atoms with Crippen molar-refractivity contribution < 1.29 is 4.39 Å². The first-order chi connectivity index (χ1) is 8.81. The average Bonchev–Trinajstić information content (AvgIpc) is 2.42. The second-order valence-electron chi connectivity index (χ2n) is 5.20. The Balaban J connectivity index is 1.91. The van der Waals surface area contributed by atoms with Crippen molar-refractivity contribution in [3.63, 3.8) is 0 Å². The van der Waals surface area contributed by atoms with Crippen LogP contribution in [-0.4, -0.2) is 4.98 Å². The van der Waals surface area contributed by atoms with Gasteiger partial charge in [-0.25, -0.2) is 4.39 Å². The number of nitrogens with zero attached hydrogens (tertiary/aromatic N) is 1. The molecule has 1 unspecified atom stereocenters. The van der Waals surface area contributed by atoms with E-state index in [-0.39, 0.29) is 11.9 Å². The van der Waals surface area contributed by atoms with Gasteiger partial charge in [0.2, 0.25) is 0 Å². The summed E-state index contributed by atoms with van der Waals surface area (Å²) in [5.41, 5.74) is 3.36. The van der Waals surface area contributed by atoms with E-state index in [1.54, 1.807) is 12.3 Å². The second kappa shape index (κ2) is 6.81. The first-order valence-corrected chi connectivity index (χ1v) is 6.87. The zero-order valence-corrected chi connectivity index (χ0v) is 10.7. The number of hydrogen-bond acceptors (Lipinski definition) is 3. The molecule has 0 aromatic carbocycles. The van der Waals surface area contributed by atoms with Crippen LogP contribution in [0.2, 0.25) is 0 Å². The maximum Gasteiger partial charge on any atom is 0.146 e. The van der Waals surface area contributed by atoms with Gasteiger partial charge in [0.05, 0.1) is 6.20 Å². The van der Waals surface area contributed by atoms with Gasteiger partial charge in [-0.2, -0.15) is 0 Å². The zero-order chi connectivity index (χ0) is 12.8. The van der Waals surface area contributed by atoms with Gasteiger partial charge in [0.25, 0.3) is 0 Å². The van der Waals surface area contributed by atoms with Gasteiger partial charge in [0.1, 0.15) is 5.82 Å². The molecule has 3 nitrogen and oxygen atoms in total. The maximum atomic E-state index is 13.6. The van der Waals surface area contributed by atoms with E-state index in [4.69, 9.17) is 5.84 Å². The SMILES string of the molecule is NNC(CCC1CCCCC1)c1ccncc1F. The van der Waals surface area contributed by atoms with E-state index >= 15 is 0 Å². The van der Waals surface area contributed by atoms with Crippen LogP contribution in [0, 0.1) is 11.7 Å². The number of nitrogens with two attached hydrogens (primary N) is 1. The van der Waals surface area contributed by atoms with Crippen molar-refractivity contribution in [1.29, 1.82) is 0 Å². The Labute approximate surface area is 108 Å². The third-order valence-electron chi connectivity index (χ3n) is 3.97. The second-order valence-corrected chi connectivity index (χ2v) is 5.20. The molecule has 1 aromatic heterocycles. The predicted molar refractivity (Wildman–Crippen MR) is 70.1 cm³/mol. The normalized spacial score (nSPS) is 18.8. The van der Waals surface area contributed by atoms with Crippen LogP contribution in [0.3, 0.4) is 0 Å². The van der Waals surface area contributed by atoms with E-state index < -0.39 is 0 Å². The third kappa shape index (κ3) is 3.50. The molecule has 1 aliphatic carbocycles. The summed E-state index contributed by atoms with van der Waals surface area (Å²) in [5, 5.41) is 0. The number of hydrogen-bond donors (Lipinski definition) is 2. The molecule has 1 atom stereocenters. The molecule has 0 amide bonds. The summed E-state index contributed by atoms with van der Waals surface area (Å²) in [7, 11) is 0. The minimum atomic E-state index is -0.274. The molecule has 3 N–H and O–H groups in total. The van der Waals surface area contributed by atoms with Crippen LogP contribution in [-0.2, 0) is 0 Å². The quantitative estimate of drug-likeness (QED) is 0.624. The standard InChI is InChI=1S/C14H22FN3/c15-13-10-17-9-8-12(13)14(18-16)7-6-11-4-2-1-3-5-11/h8-11,14,18H,1-7,16H2. The summed E-state index contributed by atoms with van der Waals surface area (Å²) in [5.74, 6) is 6.07. The summed E-state index contributed by atoms with van der Waals surface area (Å²) < 4.78 is 13.6. The summed E-state index contributed by atoms with van der Waals surface area (Å²) >= 11 is 0. The molecule has 1 heterocycles. The largest absolute Gasteiger partial charge is 0.271 e. The maximum absolute atomic E-state index is 13.6. The summed E-state index contributed by atoms with van der Waals surface area (Å²) in [4.78, 5) is 3.77. The number of nitrogens with one attached hydrogen (secondary N) is 1. The van der Waals surface area contributed by atoms with Crippen LogP contribution in [0.5, 0.6) is 0 Å². The molecule has 0 saturated heterocycles. The highest BCUT2D eigenvalue weighted by molar-refractivity contribution is 5.17. The Morgan fingerprint density at radius 1 is 1.39 bits per heavy atom.